The van der Waals surface area contributed by atoms with Crippen molar-refractivity contribution in [3.05, 3.63) is 35.0 Å². The normalized spacial score (nSPS) is 15.0. The third-order valence-corrected chi connectivity index (χ3v) is 5.09. The average molecular weight is 301 g/mol. The Morgan fingerprint density at radius 3 is 2.90 bits per heavy atom. The fourth-order valence-electron chi connectivity index (χ4n) is 2.78. The van der Waals surface area contributed by atoms with Crippen molar-refractivity contribution in [1.29, 1.82) is 0 Å². The zero-order chi connectivity index (χ0) is 14.6. The molecule has 5 heteroatoms. The summed E-state index contributed by atoms with van der Waals surface area (Å²) in [6.07, 6.45) is 3.20. The van der Waals surface area contributed by atoms with Crippen LogP contribution in [-0.4, -0.2) is 9.55 Å². The highest BCUT2D eigenvalue weighted by Gasteiger charge is 2.30. The number of halogens is 1. The van der Waals surface area contributed by atoms with Crippen molar-refractivity contribution in [3.8, 4) is 11.4 Å². The van der Waals surface area contributed by atoms with Crippen LogP contribution in [0.25, 0.3) is 22.4 Å². The number of fused-ring (bicyclic) bond motifs is 1. The van der Waals surface area contributed by atoms with Crippen LogP contribution in [0.5, 0.6) is 0 Å². The third kappa shape index (κ3) is 1.95. The van der Waals surface area contributed by atoms with Crippen molar-refractivity contribution in [2.45, 2.75) is 32.2 Å². The predicted octanol–water partition coefficient (Wildman–Crippen LogP) is 4.38. The maximum atomic E-state index is 14.0. The summed E-state index contributed by atoms with van der Waals surface area (Å²) in [4.78, 5) is 5.80. The molecule has 3 aromatic rings. The van der Waals surface area contributed by atoms with E-state index in [0.717, 1.165) is 41.2 Å². The molecule has 1 saturated carbocycles. The Balaban J connectivity index is 2.01. The van der Waals surface area contributed by atoms with Gasteiger partial charge < -0.3 is 10.3 Å². The van der Waals surface area contributed by atoms with E-state index in [4.69, 9.17) is 5.73 Å². The molecule has 21 heavy (non-hydrogen) atoms. The van der Waals surface area contributed by atoms with Gasteiger partial charge in [-0.25, -0.2) is 9.37 Å². The number of rotatable bonds is 3. The second kappa shape index (κ2) is 4.56. The Hall–Kier alpha value is -1.88. The predicted molar refractivity (Wildman–Crippen MR) is 85.1 cm³/mol. The van der Waals surface area contributed by atoms with E-state index in [0.29, 0.717) is 11.6 Å². The van der Waals surface area contributed by atoms with Gasteiger partial charge in [-0.2, -0.15) is 0 Å². The number of benzene rings is 1. The van der Waals surface area contributed by atoms with Crippen LogP contribution in [0.3, 0.4) is 0 Å². The fourth-order valence-corrected chi connectivity index (χ4v) is 3.65. The van der Waals surface area contributed by atoms with Gasteiger partial charge in [0.05, 0.1) is 16.1 Å². The minimum atomic E-state index is -0.266. The zero-order valence-electron chi connectivity index (χ0n) is 11.8. The Labute approximate surface area is 126 Å². The topological polar surface area (TPSA) is 43.8 Å². The minimum absolute atomic E-state index is 0.266. The van der Waals surface area contributed by atoms with Crippen LogP contribution in [0.15, 0.2) is 24.3 Å². The van der Waals surface area contributed by atoms with Gasteiger partial charge in [-0.1, -0.05) is 13.0 Å². The summed E-state index contributed by atoms with van der Waals surface area (Å²) in [5, 5.41) is 0.768. The van der Waals surface area contributed by atoms with E-state index >= 15 is 0 Å². The third-order valence-electron chi connectivity index (χ3n) is 3.98. The standard InChI is InChI=1S/C16H16FN3S/c1-2-10-8-11(15(18)21-10)16-19-14-12(17)4-3-5-13(14)20(16)9-6-7-9/h3-5,8-9H,2,6-7,18H2,1H3. The fraction of sp³-hybridized carbons (Fsp3) is 0.312. The number of nitrogens with zero attached hydrogens (tertiary/aromatic N) is 2. The monoisotopic (exact) mass is 301 g/mol. The summed E-state index contributed by atoms with van der Waals surface area (Å²) >= 11 is 1.59. The highest BCUT2D eigenvalue weighted by atomic mass is 32.1. The summed E-state index contributed by atoms with van der Waals surface area (Å²) in [6, 6.07) is 7.67. The first-order valence-corrected chi connectivity index (χ1v) is 8.05. The van der Waals surface area contributed by atoms with E-state index in [1.54, 1.807) is 17.4 Å². The van der Waals surface area contributed by atoms with Gasteiger partial charge in [0, 0.05) is 10.9 Å². The Morgan fingerprint density at radius 1 is 1.43 bits per heavy atom. The van der Waals surface area contributed by atoms with Crippen LogP contribution in [0.4, 0.5) is 9.39 Å². The van der Waals surface area contributed by atoms with Crippen LogP contribution in [0.1, 0.15) is 30.7 Å². The number of thiophene rings is 1. The van der Waals surface area contributed by atoms with Crippen LogP contribution >= 0.6 is 11.3 Å². The molecule has 0 saturated heterocycles. The first-order valence-electron chi connectivity index (χ1n) is 7.24. The lowest BCUT2D eigenvalue weighted by Gasteiger charge is -2.06. The molecule has 108 valence electrons. The lowest BCUT2D eigenvalue weighted by molar-refractivity contribution is 0.637. The van der Waals surface area contributed by atoms with Crippen molar-refractivity contribution in [3.63, 3.8) is 0 Å². The molecule has 0 unspecified atom stereocenters. The molecule has 0 bridgehead atoms. The SMILES string of the molecule is CCc1cc(-c2nc3c(F)cccc3n2C2CC2)c(N)s1. The van der Waals surface area contributed by atoms with Gasteiger partial charge in [0.15, 0.2) is 5.82 Å². The first kappa shape index (κ1) is 12.8. The van der Waals surface area contributed by atoms with Crippen LogP contribution in [-0.2, 0) is 6.42 Å². The largest absolute Gasteiger partial charge is 0.390 e. The molecule has 0 radical (unpaired) electrons. The van der Waals surface area contributed by atoms with Crippen molar-refractivity contribution in [1.82, 2.24) is 9.55 Å². The number of nitrogens with two attached hydrogens (primary N) is 1. The van der Waals surface area contributed by atoms with Crippen LogP contribution < -0.4 is 5.73 Å². The van der Waals surface area contributed by atoms with Crippen LogP contribution in [0.2, 0.25) is 0 Å². The molecule has 4 rings (SSSR count). The quantitative estimate of drug-likeness (QED) is 0.780. The average Bonchev–Trinajstić information content (AvgIpc) is 3.13. The van der Waals surface area contributed by atoms with E-state index < -0.39 is 0 Å². The Morgan fingerprint density at radius 2 is 2.24 bits per heavy atom. The number of nitrogen functional groups attached to an aromatic ring is 1. The van der Waals surface area contributed by atoms with Gasteiger partial charge in [-0.05, 0) is 37.5 Å². The molecular formula is C16H16FN3S. The zero-order valence-corrected chi connectivity index (χ0v) is 12.6. The molecule has 0 spiro atoms. The van der Waals surface area contributed by atoms with E-state index in [9.17, 15) is 4.39 Å². The number of imidazole rings is 1. The number of hydrogen-bond acceptors (Lipinski definition) is 3. The van der Waals surface area contributed by atoms with Crippen LogP contribution in [0, 0.1) is 5.82 Å². The maximum absolute atomic E-state index is 14.0. The Kier molecular flexibility index (Phi) is 2.79. The molecule has 2 aromatic heterocycles. The van der Waals surface area contributed by atoms with Crippen molar-refractivity contribution < 1.29 is 4.39 Å². The summed E-state index contributed by atoms with van der Waals surface area (Å²) in [5.74, 6) is 0.545. The molecule has 0 aliphatic heterocycles. The van der Waals surface area contributed by atoms with E-state index in [1.165, 1.54) is 10.9 Å². The van der Waals surface area contributed by atoms with E-state index in [-0.39, 0.29) is 5.82 Å². The summed E-state index contributed by atoms with van der Waals surface area (Å²) in [6.45, 7) is 2.11. The summed E-state index contributed by atoms with van der Waals surface area (Å²) in [7, 11) is 0. The van der Waals surface area contributed by atoms with Gasteiger partial charge in [0.1, 0.15) is 11.3 Å². The highest BCUT2D eigenvalue weighted by molar-refractivity contribution is 7.16. The maximum Gasteiger partial charge on any atom is 0.151 e. The smallest absolute Gasteiger partial charge is 0.151 e. The number of hydrogen-bond donors (Lipinski definition) is 1. The first-order chi connectivity index (χ1) is 10.2. The van der Waals surface area contributed by atoms with Gasteiger partial charge in [-0.3, -0.25) is 0 Å². The molecule has 1 aromatic carbocycles. The molecule has 0 atom stereocenters. The molecule has 1 aliphatic carbocycles. The van der Waals surface area contributed by atoms with Gasteiger partial charge >= 0.3 is 0 Å². The second-order valence-corrected chi connectivity index (χ2v) is 6.66. The van der Waals surface area contributed by atoms with Gasteiger partial charge in [-0.15, -0.1) is 11.3 Å². The van der Waals surface area contributed by atoms with Gasteiger partial charge in [0.25, 0.3) is 0 Å². The van der Waals surface area contributed by atoms with Crippen molar-refractivity contribution in [2.75, 3.05) is 5.73 Å². The second-order valence-electron chi connectivity index (χ2n) is 5.49. The molecule has 1 fully saturated rings. The molecule has 0 amide bonds. The molecule has 2 N–H and O–H groups in total. The minimum Gasteiger partial charge on any atom is -0.390 e. The Bertz CT molecular complexity index is 830. The van der Waals surface area contributed by atoms with E-state index in [1.807, 2.05) is 6.07 Å². The van der Waals surface area contributed by atoms with Crippen molar-refractivity contribution >= 4 is 27.4 Å². The summed E-state index contributed by atoms with van der Waals surface area (Å²) < 4.78 is 16.2. The summed E-state index contributed by atoms with van der Waals surface area (Å²) in [5.41, 5.74) is 8.43. The van der Waals surface area contributed by atoms with Crippen molar-refractivity contribution in [2.24, 2.45) is 0 Å². The lowest BCUT2D eigenvalue weighted by Crippen LogP contribution is -1.98. The highest BCUT2D eigenvalue weighted by Crippen LogP contribution is 2.44. The van der Waals surface area contributed by atoms with E-state index in [2.05, 4.69) is 22.5 Å². The molecule has 2 heterocycles. The number of anilines is 1. The van der Waals surface area contributed by atoms with Gasteiger partial charge in [0.2, 0.25) is 0 Å². The molecule has 1 aliphatic rings. The lowest BCUT2D eigenvalue weighted by atomic mass is 10.2. The number of para-hydroxylation sites is 1. The molecule has 3 nitrogen and oxygen atoms in total. The number of aryl methyl sites for hydroxylation is 1. The molecular weight excluding hydrogens is 285 g/mol. The number of aromatic nitrogens is 2.